The Balaban J connectivity index is 2.20. The molecule has 0 bridgehead atoms. The molecule has 14 heavy (non-hydrogen) atoms. The molecule has 1 N–H and O–H groups in total. The van der Waals surface area contributed by atoms with E-state index in [9.17, 15) is 5.11 Å². The smallest absolute Gasteiger partial charge is 0.0791 e. The number of aliphatic hydroxyl groups is 1. The summed E-state index contributed by atoms with van der Waals surface area (Å²) in [6, 6.07) is 0. The number of nitrogens with zero attached hydrogens (tertiary/aromatic N) is 1. The predicted molar refractivity (Wildman–Crippen MR) is 63.9 cm³/mol. The van der Waals surface area contributed by atoms with E-state index >= 15 is 0 Å². The molecule has 0 unspecified atom stereocenters. The number of likely N-dealkylation sites (tertiary alicyclic amines) is 1. The van der Waals surface area contributed by atoms with Crippen molar-refractivity contribution in [2.45, 2.75) is 50.0 Å². The Kier molecular flexibility index (Phi) is 6.06. The van der Waals surface area contributed by atoms with Crippen LogP contribution in [0.4, 0.5) is 0 Å². The van der Waals surface area contributed by atoms with Crippen LogP contribution in [0.2, 0.25) is 0 Å². The molecular weight excluding hydrogens is 242 g/mol. The normalized spacial score (nSPS) is 23.4. The van der Waals surface area contributed by atoms with Crippen molar-refractivity contribution >= 4 is 15.9 Å². The highest BCUT2D eigenvalue weighted by atomic mass is 79.9. The summed E-state index contributed by atoms with van der Waals surface area (Å²) in [7, 11) is 0. The summed E-state index contributed by atoms with van der Waals surface area (Å²) in [6.07, 6.45) is 5.95. The van der Waals surface area contributed by atoms with Crippen LogP contribution in [0.5, 0.6) is 0 Å². The van der Waals surface area contributed by atoms with Gasteiger partial charge in [-0.25, -0.2) is 0 Å². The zero-order valence-electron chi connectivity index (χ0n) is 9.08. The average molecular weight is 264 g/mol. The molecule has 0 spiro atoms. The summed E-state index contributed by atoms with van der Waals surface area (Å²) in [6.45, 7) is 5.34. The molecule has 0 aromatic carbocycles. The molecule has 1 fully saturated rings. The quantitative estimate of drug-likeness (QED) is 0.771. The van der Waals surface area contributed by atoms with Gasteiger partial charge in [-0.2, -0.15) is 0 Å². The van der Waals surface area contributed by atoms with Gasteiger partial charge < -0.3 is 10.0 Å². The summed E-state index contributed by atoms with van der Waals surface area (Å²) in [4.78, 5) is 2.66. The number of aliphatic hydroxyl groups excluding tert-OH is 1. The lowest BCUT2D eigenvalue weighted by Crippen LogP contribution is -2.39. The first-order chi connectivity index (χ1) is 6.74. The number of hydrogen-bond acceptors (Lipinski definition) is 2. The van der Waals surface area contributed by atoms with Gasteiger partial charge in [-0.05, 0) is 32.4 Å². The third-order valence-corrected chi connectivity index (χ3v) is 3.94. The summed E-state index contributed by atoms with van der Waals surface area (Å²) >= 11 is 3.55. The van der Waals surface area contributed by atoms with E-state index in [1.54, 1.807) is 0 Å². The fourth-order valence-corrected chi connectivity index (χ4v) is 2.61. The van der Waals surface area contributed by atoms with Crippen molar-refractivity contribution in [3.05, 3.63) is 0 Å². The molecule has 1 rings (SSSR count). The van der Waals surface area contributed by atoms with Crippen molar-refractivity contribution in [2.75, 3.05) is 19.6 Å². The second kappa shape index (κ2) is 6.81. The zero-order valence-corrected chi connectivity index (χ0v) is 10.7. The van der Waals surface area contributed by atoms with E-state index < -0.39 is 0 Å². The lowest BCUT2D eigenvalue weighted by molar-refractivity contribution is 0.0986. The highest BCUT2D eigenvalue weighted by Crippen LogP contribution is 2.16. The number of hydrogen-bond donors (Lipinski definition) is 1. The summed E-state index contributed by atoms with van der Waals surface area (Å²) in [5, 5.41) is 9.91. The molecule has 1 aliphatic rings. The lowest BCUT2D eigenvalue weighted by atomic mass is 10.1. The molecule has 2 atom stereocenters. The first-order valence-electron chi connectivity index (χ1n) is 5.78. The molecule has 2 nitrogen and oxygen atoms in total. The first kappa shape index (κ1) is 12.5. The number of piperidine rings is 1. The van der Waals surface area contributed by atoms with Crippen LogP contribution in [0.15, 0.2) is 0 Å². The Hall–Kier alpha value is 0.400. The van der Waals surface area contributed by atoms with Gasteiger partial charge in [-0.15, -0.1) is 0 Å². The Morgan fingerprint density at radius 3 is 2.50 bits per heavy atom. The fraction of sp³-hybridized carbons (Fsp3) is 1.00. The molecular formula is C11H22BrNO. The van der Waals surface area contributed by atoms with Crippen molar-refractivity contribution < 1.29 is 5.11 Å². The largest absolute Gasteiger partial charge is 0.391 e. The van der Waals surface area contributed by atoms with Crippen molar-refractivity contribution in [1.82, 2.24) is 4.90 Å². The minimum Gasteiger partial charge on any atom is -0.391 e. The fourth-order valence-electron chi connectivity index (χ4n) is 1.99. The van der Waals surface area contributed by atoms with Crippen LogP contribution >= 0.6 is 15.9 Å². The molecule has 0 saturated carbocycles. The van der Waals surface area contributed by atoms with Crippen LogP contribution in [-0.4, -0.2) is 40.6 Å². The minimum absolute atomic E-state index is 0.201. The molecule has 0 aromatic heterocycles. The number of halogens is 1. The van der Waals surface area contributed by atoms with Crippen LogP contribution < -0.4 is 0 Å². The van der Waals surface area contributed by atoms with E-state index in [1.807, 2.05) is 0 Å². The minimum atomic E-state index is -0.201. The van der Waals surface area contributed by atoms with Gasteiger partial charge >= 0.3 is 0 Å². The van der Waals surface area contributed by atoms with E-state index in [-0.39, 0.29) is 10.9 Å². The maximum Gasteiger partial charge on any atom is 0.0791 e. The lowest BCUT2D eigenvalue weighted by Gasteiger charge is -2.30. The highest BCUT2D eigenvalue weighted by Gasteiger charge is 2.19. The van der Waals surface area contributed by atoms with Gasteiger partial charge in [-0.1, -0.05) is 35.7 Å². The molecule has 0 amide bonds. The Morgan fingerprint density at radius 1 is 1.29 bits per heavy atom. The Labute approximate surface area is 95.8 Å². The van der Waals surface area contributed by atoms with Crippen LogP contribution in [0.3, 0.4) is 0 Å². The number of β-amino-alcohol motifs (C(OH)–C–C–N with tert-alkyl or cyclic N) is 1. The Bertz CT molecular complexity index is 148. The first-order valence-corrected chi connectivity index (χ1v) is 6.70. The van der Waals surface area contributed by atoms with Gasteiger partial charge in [0, 0.05) is 11.4 Å². The molecule has 1 heterocycles. The predicted octanol–water partition coefficient (Wildman–Crippen LogP) is 2.40. The third kappa shape index (κ3) is 4.28. The maximum atomic E-state index is 9.91. The number of rotatable bonds is 5. The van der Waals surface area contributed by atoms with E-state index in [1.165, 1.54) is 32.4 Å². The van der Waals surface area contributed by atoms with E-state index in [0.717, 1.165) is 19.4 Å². The molecule has 1 aliphatic heterocycles. The number of alkyl halides is 1. The van der Waals surface area contributed by atoms with Crippen molar-refractivity contribution in [2.24, 2.45) is 0 Å². The van der Waals surface area contributed by atoms with Gasteiger partial charge in [0.1, 0.15) is 0 Å². The molecule has 0 aliphatic carbocycles. The molecule has 0 radical (unpaired) electrons. The zero-order chi connectivity index (χ0) is 10.4. The van der Waals surface area contributed by atoms with Crippen LogP contribution in [-0.2, 0) is 0 Å². The summed E-state index contributed by atoms with van der Waals surface area (Å²) < 4.78 is 0. The van der Waals surface area contributed by atoms with Gasteiger partial charge in [0.2, 0.25) is 0 Å². The summed E-state index contributed by atoms with van der Waals surface area (Å²) in [5.74, 6) is 0. The molecule has 3 heteroatoms. The van der Waals surface area contributed by atoms with Crippen molar-refractivity contribution in [1.29, 1.82) is 0 Å². The van der Waals surface area contributed by atoms with Crippen LogP contribution in [0, 0.1) is 0 Å². The molecule has 84 valence electrons. The summed E-state index contributed by atoms with van der Waals surface area (Å²) in [5.41, 5.74) is 0. The van der Waals surface area contributed by atoms with Gasteiger partial charge in [-0.3, -0.25) is 0 Å². The van der Waals surface area contributed by atoms with Gasteiger partial charge in [0.05, 0.1) is 6.10 Å². The van der Waals surface area contributed by atoms with Crippen LogP contribution in [0.1, 0.15) is 39.0 Å². The van der Waals surface area contributed by atoms with Gasteiger partial charge in [0.15, 0.2) is 0 Å². The second-order valence-corrected chi connectivity index (χ2v) is 5.41. The van der Waals surface area contributed by atoms with Crippen molar-refractivity contribution in [3.8, 4) is 0 Å². The molecule has 0 aromatic rings. The SMILES string of the molecule is CCC[C@@H](Br)[C@@H](O)CN1CCCCC1. The standard InChI is InChI=1S/C11H22BrNO/c1-2-6-10(12)11(14)9-13-7-4-3-5-8-13/h10-11,14H,2-9H2,1H3/t10-,11+/m1/s1. The Morgan fingerprint density at radius 2 is 1.93 bits per heavy atom. The third-order valence-electron chi connectivity index (χ3n) is 2.88. The average Bonchev–Trinajstić information content (AvgIpc) is 2.19. The monoisotopic (exact) mass is 263 g/mol. The van der Waals surface area contributed by atoms with Crippen molar-refractivity contribution in [3.63, 3.8) is 0 Å². The van der Waals surface area contributed by atoms with E-state index in [2.05, 4.69) is 27.8 Å². The second-order valence-electron chi connectivity index (χ2n) is 4.23. The highest BCUT2D eigenvalue weighted by molar-refractivity contribution is 9.09. The van der Waals surface area contributed by atoms with E-state index in [0.29, 0.717) is 0 Å². The van der Waals surface area contributed by atoms with Crippen LogP contribution in [0.25, 0.3) is 0 Å². The topological polar surface area (TPSA) is 23.5 Å². The van der Waals surface area contributed by atoms with Gasteiger partial charge in [0.25, 0.3) is 0 Å². The maximum absolute atomic E-state index is 9.91. The molecule has 1 saturated heterocycles. The van der Waals surface area contributed by atoms with E-state index in [4.69, 9.17) is 0 Å².